The molecule has 0 fully saturated rings. The molecule has 0 radical (unpaired) electrons. The van der Waals surface area contributed by atoms with Crippen molar-refractivity contribution in [3.05, 3.63) is 199 Å². The number of benzene rings is 9. The van der Waals surface area contributed by atoms with E-state index in [1.165, 1.54) is 94.1 Å². The number of fused-ring (bicyclic) bond motifs is 9. The molecular weight excluding hydrogens is 675 g/mol. The van der Waals surface area contributed by atoms with E-state index in [2.05, 4.69) is 212 Å². The summed E-state index contributed by atoms with van der Waals surface area (Å²) < 4.78 is 0. The molecule has 0 spiro atoms. The number of nitrogens with zero attached hydrogens (tertiary/aromatic N) is 2. The molecule has 3 aliphatic rings. The van der Waals surface area contributed by atoms with Crippen LogP contribution in [0.15, 0.2) is 188 Å². The third kappa shape index (κ3) is 4.40. The van der Waals surface area contributed by atoms with Crippen LogP contribution in [0, 0.1) is 0 Å². The van der Waals surface area contributed by atoms with Crippen molar-refractivity contribution < 1.29 is 0 Å². The monoisotopic (exact) mass is 712 g/mol. The maximum atomic E-state index is 2.53. The van der Waals surface area contributed by atoms with Crippen LogP contribution in [0.5, 0.6) is 0 Å². The summed E-state index contributed by atoms with van der Waals surface area (Å²) in [6.45, 7) is 4.78. The molecule has 262 valence electrons. The van der Waals surface area contributed by atoms with Gasteiger partial charge in [0.15, 0.2) is 0 Å². The first-order valence-corrected chi connectivity index (χ1v) is 19.7. The molecule has 0 saturated carbocycles. The Bertz CT molecular complexity index is 2920. The van der Waals surface area contributed by atoms with Crippen LogP contribution in [0.2, 0.25) is 0 Å². The highest BCUT2D eigenvalue weighted by molar-refractivity contribution is 7.00. The number of hydrogen-bond acceptors (Lipinski definition) is 2. The highest BCUT2D eigenvalue weighted by atomic mass is 15.2. The van der Waals surface area contributed by atoms with Crippen LogP contribution >= 0.6 is 0 Å². The maximum Gasteiger partial charge on any atom is 0.252 e. The summed E-state index contributed by atoms with van der Waals surface area (Å²) in [6.07, 6.45) is 0. The third-order valence-corrected chi connectivity index (χ3v) is 12.7. The van der Waals surface area contributed by atoms with E-state index in [9.17, 15) is 0 Å². The fourth-order valence-electron chi connectivity index (χ4n) is 10.1. The summed E-state index contributed by atoms with van der Waals surface area (Å²) in [4.78, 5) is 5.06. The Morgan fingerprint density at radius 3 is 1.39 bits per heavy atom. The average Bonchev–Trinajstić information content (AvgIpc) is 3.48. The van der Waals surface area contributed by atoms with Crippen molar-refractivity contribution in [2.45, 2.75) is 19.3 Å². The van der Waals surface area contributed by atoms with Crippen LogP contribution in [0.4, 0.5) is 34.1 Å². The first kappa shape index (κ1) is 31.5. The molecule has 9 aromatic carbocycles. The number of rotatable bonds is 3. The van der Waals surface area contributed by atoms with E-state index >= 15 is 0 Å². The van der Waals surface area contributed by atoms with E-state index in [1.54, 1.807) is 0 Å². The van der Waals surface area contributed by atoms with Crippen molar-refractivity contribution in [1.29, 1.82) is 0 Å². The molecular formula is C53H37BN2. The van der Waals surface area contributed by atoms with Gasteiger partial charge < -0.3 is 9.80 Å². The predicted octanol–water partition coefficient (Wildman–Crippen LogP) is 12.0. The number of anilines is 6. The van der Waals surface area contributed by atoms with Crippen molar-refractivity contribution >= 4 is 78.8 Å². The zero-order valence-corrected chi connectivity index (χ0v) is 31.4. The topological polar surface area (TPSA) is 6.48 Å². The van der Waals surface area contributed by atoms with Crippen LogP contribution in [0.1, 0.15) is 25.0 Å². The summed E-state index contributed by atoms with van der Waals surface area (Å²) in [5.74, 6) is 0. The van der Waals surface area contributed by atoms with Gasteiger partial charge in [-0.15, -0.1) is 0 Å². The lowest BCUT2D eigenvalue weighted by Crippen LogP contribution is -2.61. The van der Waals surface area contributed by atoms with Crippen molar-refractivity contribution in [3.63, 3.8) is 0 Å². The Labute approximate surface area is 328 Å². The summed E-state index contributed by atoms with van der Waals surface area (Å²) in [6, 6.07) is 70.4. The quantitative estimate of drug-likeness (QED) is 0.168. The number of hydrogen-bond donors (Lipinski definition) is 0. The second kappa shape index (κ2) is 11.6. The van der Waals surface area contributed by atoms with Gasteiger partial charge in [0, 0.05) is 39.5 Å². The fraction of sp³-hybridized carbons (Fsp3) is 0.0566. The van der Waals surface area contributed by atoms with E-state index in [-0.39, 0.29) is 12.1 Å². The largest absolute Gasteiger partial charge is 0.311 e. The molecule has 3 heteroatoms. The summed E-state index contributed by atoms with van der Waals surface area (Å²) in [5.41, 5.74) is 19.0. The molecule has 2 aliphatic heterocycles. The average molecular weight is 713 g/mol. The minimum absolute atomic E-state index is 0.0293. The Hall–Kier alpha value is -6.84. The maximum absolute atomic E-state index is 2.53. The van der Waals surface area contributed by atoms with Crippen LogP contribution in [-0.2, 0) is 5.41 Å². The molecule has 12 rings (SSSR count). The fourth-order valence-corrected chi connectivity index (χ4v) is 10.1. The molecule has 2 nitrogen and oxygen atoms in total. The van der Waals surface area contributed by atoms with Gasteiger partial charge >= 0.3 is 0 Å². The Morgan fingerprint density at radius 2 is 0.839 bits per heavy atom. The Kier molecular flexibility index (Phi) is 6.52. The van der Waals surface area contributed by atoms with E-state index in [4.69, 9.17) is 0 Å². The van der Waals surface area contributed by atoms with Gasteiger partial charge in [0.1, 0.15) is 0 Å². The molecule has 0 N–H and O–H groups in total. The van der Waals surface area contributed by atoms with Crippen LogP contribution in [-0.4, -0.2) is 6.71 Å². The van der Waals surface area contributed by atoms with Crippen LogP contribution in [0.25, 0.3) is 43.8 Å². The molecule has 0 amide bonds. The SMILES string of the molecule is CC1(C)c2ccccc2-c2ccc(-c3cc4c5c(c3)N(c3ccccc3)c3cc6ccccc6cc3B5c3cc5ccccc5cc3N4c3ccccc3)cc21. The third-order valence-electron chi connectivity index (χ3n) is 12.7. The van der Waals surface area contributed by atoms with Gasteiger partial charge in [0.2, 0.25) is 0 Å². The highest BCUT2D eigenvalue weighted by Gasteiger charge is 2.44. The molecule has 56 heavy (non-hydrogen) atoms. The zero-order valence-electron chi connectivity index (χ0n) is 31.4. The molecule has 0 aromatic heterocycles. The lowest BCUT2D eigenvalue weighted by atomic mass is 9.33. The number of para-hydroxylation sites is 2. The van der Waals surface area contributed by atoms with Gasteiger partial charge in [-0.05, 0) is 126 Å². The van der Waals surface area contributed by atoms with Crippen molar-refractivity contribution in [2.24, 2.45) is 0 Å². The van der Waals surface area contributed by atoms with Crippen LogP contribution in [0.3, 0.4) is 0 Å². The van der Waals surface area contributed by atoms with Crippen molar-refractivity contribution in [2.75, 3.05) is 9.80 Å². The second-order valence-electron chi connectivity index (χ2n) is 16.2. The lowest BCUT2D eigenvalue weighted by molar-refractivity contribution is 0.660. The zero-order chi connectivity index (χ0) is 37.1. The van der Waals surface area contributed by atoms with Gasteiger partial charge in [-0.2, -0.15) is 0 Å². The molecule has 9 aromatic rings. The minimum Gasteiger partial charge on any atom is -0.311 e. The van der Waals surface area contributed by atoms with Crippen molar-refractivity contribution in [1.82, 2.24) is 0 Å². The van der Waals surface area contributed by atoms with E-state index < -0.39 is 0 Å². The van der Waals surface area contributed by atoms with E-state index in [0.717, 1.165) is 11.4 Å². The van der Waals surface area contributed by atoms with Crippen molar-refractivity contribution in [3.8, 4) is 22.3 Å². The summed E-state index contributed by atoms with van der Waals surface area (Å²) >= 11 is 0. The molecule has 0 saturated heterocycles. The second-order valence-corrected chi connectivity index (χ2v) is 16.2. The molecule has 0 bridgehead atoms. The first-order valence-electron chi connectivity index (χ1n) is 19.7. The van der Waals surface area contributed by atoms with Gasteiger partial charge in [-0.3, -0.25) is 0 Å². The van der Waals surface area contributed by atoms with Crippen LogP contribution < -0.4 is 26.2 Å². The highest BCUT2D eigenvalue weighted by Crippen LogP contribution is 2.51. The first-order chi connectivity index (χ1) is 27.5. The molecule has 1 aliphatic carbocycles. The van der Waals surface area contributed by atoms with Gasteiger partial charge in [-0.25, -0.2) is 0 Å². The van der Waals surface area contributed by atoms with Gasteiger partial charge in [0.05, 0.1) is 0 Å². The van der Waals surface area contributed by atoms with E-state index in [0.29, 0.717) is 0 Å². The normalized spacial score (nSPS) is 14.3. The summed E-state index contributed by atoms with van der Waals surface area (Å²) in [5, 5.41) is 5.01. The smallest absolute Gasteiger partial charge is 0.252 e. The molecule has 2 heterocycles. The molecule has 0 unspecified atom stereocenters. The minimum atomic E-state index is -0.0956. The lowest BCUT2D eigenvalue weighted by Gasteiger charge is -2.44. The predicted molar refractivity (Wildman–Crippen MR) is 238 cm³/mol. The van der Waals surface area contributed by atoms with E-state index in [1.807, 2.05) is 0 Å². The standard InChI is InChI=1S/C53H37BN2/c1-53(2)44-24-14-13-23-42(44)43-26-25-38(27-45(43)53)39-32-50-52-51(33-39)56(41-21-7-4-8-22-41)49-31-37-18-12-10-16-35(37)29-47(49)54(52)46-28-34-15-9-11-17-36(34)30-48(46)55(50)40-19-5-3-6-20-40/h3-33H,1-2H3. The summed E-state index contributed by atoms with van der Waals surface area (Å²) in [7, 11) is 0. The molecule has 0 atom stereocenters. The Morgan fingerprint density at radius 1 is 0.375 bits per heavy atom. The van der Waals surface area contributed by atoms with Gasteiger partial charge in [-0.1, -0.05) is 147 Å². The van der Waals surface area contributed by atoms with Gasteiger partial charge in [0.25, 0.3) is 6.71 Å². The Balaban J connectivity index is 1.20.